The molecule has 2 aromatic carbocycles. The van der Waals surface area contributed by atoms with Crippen molar-refractivity contribution < 1.29 is 46.9 Å². The molecule has 0 unspecified atom stereocenters. The van der Waals surface area contributed by atoms with Crippen LogP contribution in [0.5, 0.6) is 5.75 Å². The normalized spacial score (nSPS) is 13.3. The first-order chi connectivity index (χ1) is 25.6. The number of aryl methyl sites for hydroxylation is 1. The zero-order chi connectivity index (χ0) is 39.4. The first-order valence-electron chi connectivity index (χ1n) is 17.0. The van der Waals surface area contributed by atoms with Crippen LogP contribution in [0.3, 0.4) is 0 Å². The molecule has 3 heterocycles. The number of carboxylic acids is 1. The van der Waals surface area contributed by atoms with Crippen molar-refractivity contribution in [2.75, 3.05) is 57.1 Å². The maximum atomic E-state index is 13.3. The second kappa shape index (κ2) is 18.8. The highest BCUT2D eigenvalue weighted by molar-refractivity contribution is 6.07. The van der Waals surface area contributed by atoms with Gasteiger partial charge in [-0.1, -0.05) is 36.4 Å². The predicted molar refractivity (Wildman–Crippen MR) is 198 cm³/mol. The topological polar surface area (TPSA) is 156 Å². The molecule has 0 aliphatic carbocycles. The first kappa shape index (κ1) is 40.9. The van der Waals surface area contributed by atoms with Gasteiger partial charge in [-0.2, -0.15) is 13.2 Å². The van der Waals surface area contributed by atoms with Crippen LogP contribution in [0.2, 0.25) is 0 Å². The van der Waals surface area contributed by atoms with Crippen molar-refractivity contribution in [3.8, 4) is 5.75 Å². The molecule has 0 radical (unpaired) electrons. The number of anilines is 2. The lowest BCUT2D eigenvalue weighted by atomic mass is 10.1. The fourth-order valence-electron chi connectivity index (χ4n) is 5.34. The Morgan fingerprint density at radius 1 is 0.870 bits per heavy atom. The number of amides is 3. The molecular formula is C38H43F3N6O7. The molecule has 2 aromatic heterocycles. The number of methoxy groups -OCH3 is 1. The Bertz CT molecular complexity index is 1940. The lowest BCUT2D eigenvalue weighted by Crippen LogP contribution is -2.41. The summed E-state index contributed by atoms with van der Waals surface area (Å²) in [4.78, 5) is 50.5. The van der Waals surface area contributed by atoms with Crippen LogP contribution < -0.4 is 20.7 Å². The van der Waals surface area contributed by atoms with Gasteiger partial charge in [-0.15, -0.1) is 0 Å². The summed E-state index contributed by atoms with van der Waals surface area (Å²) in [6, 6.07) is 18.3. The Morgan fingerprint density at radius 3 is 2.11 bits per heavy atom. The summed E-state index contributed by atoms with van der Waals surface area (Å²) >= 11 is 0. The summed E-state index contributed by atoms with van der Waals surface area (Å²) in [6.45, 7) is 8.37. The molecule has 3 amide bonds. The van der Waals surface area contributed by atoms with E-state index >= 15 is 0 Å². The van der Waals surface area contributed by atoms with Gasteiger partial charge in [0.1, 0.15) is 17.1 Å². The number of morpholine rings is 1. The summed E-state index contributed by atoms with van der Waals surface area (Å²) in [6.07, 6.45) is 2.32. The number of hydrogen-bond acceptors (Lipinski definition) is 7. The van der Waals surface area contributed by atoms with Crippen molar-refractivity contribution in [2.24, 2.45) is 7.05 Å². The smallest absolute Gasteiger partial charge is 0.490 e. The summed E-state index contributed by atoms with van der Waals surface area (Å²) in [5, 5.41) is 15.9. The standard InChI is InChI=1S/C36H42N6O5.C2HF3O2/c1-25(2)42-24-30(22-33(42)35(44)37-14-15-41-16-18-47-19-17-41)39-36(45)32-21-29(23-40(32)3)38-34(43)28-12-10-26(11-13-28)8-9-27-6-5-7-31(20-27)46-4;3-2(4,5)1(6)7/h5-13,20-25H,14-19H2,1-4H3,(H,37,44)(H,38,43)(H,39,45);(H,6,7)/b9-8+;. The van der Waals surface area contributed by atoms with Gasteiger partial charge in [0.15, 0.2) is 0 Å². The van der Waals surface area contributed by atoms with E-state index in [1.807, 2.05) is 67.0 Å². The van der Waals surface area contributed by atoms with Crippen molar-refractivity contribution >= 4 is 47.2 Å². The number of carbonyl (C=O) groups excluding carboxylic acids is 3. The van der Waals surface area contributed by atoms with E-state index in [9.17, 15) is 27.6 Å². The Morgan fingerprint density at radius 2 is 1.48 bits per heavy atom. The average molecular weight is 753 g/mol. The quantitative estimate of drug-likeness (QED) is 0.133. The molecule has 54 heavy (non-hydrogen) atoms. The number of carbonyl (C=O) groups is 4. The molecule has 0 atom stereocenters. The van der Waals surface area contributed by atoms with Crippen LogP contribution >= 0.6 is 0 Å². The van der Waals surface area contributed by atoms with Gasteiger partial charge in [0.2, 0.25) is 0 Å². The zero-order valence-corrected chi connectivity index (χ0v) is 30.3. The number of ether oxygens (including phenoxy) is 2. The number of benzene rings is 2. The molecule has 1 saturated heterocycles. The van der Waals surface area contributed by atoms with E-state index in [0.717, 1.165) is 36.5 Å². The van der Waals surface area contributed by atoms with Crippen LogP contribution in [0.1, 0.15) is 62.4 Å². The van der Waals surface area contributed by atoms with Gasteiger partial charge in [-0.25, -0.2) is 4.79 Å². The van der Waals surface area contributed by atoms with E-state index in [1.165, 1.54) is 0 Å². The third-order valence-corrected chi connectivity index (χ3v) is 8.19. The Balaban J connectivity index is 0.000000845. The molecule has 4 aromatic rings. The lowest BCUT2D eigenvalue weighted by molar-refractivity contribution is -0.192. The fourth-order valence-corrected chi connectivity index (χ4v) is 5.34. The number of alkyl halides is 3. The van der Waals surface area contributed by atoms with Crippen molar-refractivity contribution in [1.82, 2.24) is 19.4 Å². The lowest BCUT2D eigenvalue weighted by Gasteiger charge is -2.26. The third kappa shape index (κ3) is 11.8. The van der Waals surface area contributed by atoms with E-state index in [-0.39, 0.29) is 23.8 Å². The molecular weight excluding hydrogens is 709 g/mol. The number of nitrogens with one attached hydrogen (secondary N) is 3. The largest absolute Gasteiger partial charge is 0.497 e. The Labute approximate surface area is 310 Å². The minimum Gasteiger partial charge on any atom is -0.497 e. The fraction of sp³-hybridized carbons (Fsp3) is 0.316. The monoisotopic (exact) mass is 752 g/mol. The highest BCUT2D eigenvalue weighted by Crippen LogP contribution is 2.22. The number of hydrogen-bond donors (Lipinski definition) is 4. The van der Waals surface area contributed by atoms with Gasteiger partial charge in [-0.05, 0) is 61.4 Å². The molecule has 13 nitrogen and oxygen atoms in total. The minimum atomic E-state index is -5.08. The van der Waals surface area contributed by atoms with Gasteiger partial charge >= 0.3 is 12.1 Å². The van der Waals surface area contributed by atoms with Gasteiger partial charge in [0, 0.05) is 57.2 Å². The predicted octanol–water partition coefficient (Wildman–Crippen LogP) is 5.79. The van der Waals surface area contributed by atoms with Crippen molar-refractivity contribution in [3.63, 3.8) is 0 Å². The zero-order valence-electron chi connectivity index (χ0n) is 30.3. The van der Waals surface area contributed by atoms with Crippen LogP contribution in [0.4, 0.5) is 24.5 Å². The van der Waals surface area contributed by atoms with Crippen LogP contribution in [0.25, 0.3) is 12.2 Å². The van der Waals surface area contributed by atoms with Crippen LogP contribution in [0, 0.1) is 0 Å². The highest BCUT2D eigenvalue weighted by atomic mass is 19.4. The molecule has 288 valence electrons. The van der Waals surface area contributed by atoms with E-state index in [2.05, 4.69) is 20.9 Å². The van der Waals surface area contributed by atoms with E-state index in [0.29, 0.717) is 48.1 Å². The average Bonchev–Trinajstić information content (AvgIpc) is 3.74. The van der Waals surface area contributed by atoms with Gasteiger partial charge in [-0.3, -0.25) is 19.3 Å². The van der Waals surface area contributed by atoms with Crippen LogP contribution in [-0.4, -0.2) is 95.5 Å². The minimum absolute atomic E-state index is 0.00977. The van der Waals surface area contributed by atoms with Gasteiger partial charge in [0.25, 0.3) is 17.7 Å². The van der Waals surface area contributed by atoms with Crippen LogP contribution in [-0.2, 0) is 16.6 Å². The number of nitrogens with zero attached hydrogens (tertiary/aromatic N) is 3. The second-order valence-electron chi connectivity index (χ2n) is 12.5. The van der Waals surface area contributed by atoms with Crippen molar-refractivity contribution in [1.29, 1.82) is 0 Å². The Hall–Kier alpha value is -5.87. The van der Waals surface area contributed by atoms with Crippen LogP contribution in [0.15, 0.2) is 73.1 Å². The maximum absolute atomic E-state index is 13.3. The van der Waals surface area contributed by atoms with E-state index < -0.39 is 12.1 Å². The number of aliphatic carboxylic acids is 1. The molecule has 1 aliphatic rings. The number of rotatable bonds is 12. The van der Waals surface area contributed by atoms with E-state index in [4.69, 9.17) is 19.4 Å². The number of aromatic nitrogens is 2. The molecule has 0 spiro atoms. The molecule has 0 bridgehead atoms. The van der Waals surface area contributed by atoms with E-state index in [1.54, 1.807) is 55.4 Å². The molecule has 16 heteroatoms. The first-order valence-corrected chi connectivity index (χ1v) is 17.0. The molecule has 4 N–H and O–H groups in total. The molecule has 5 rings (SSSR count). The summed E-state index contributed by atoms with van der Waals surface area (Å²) in [7, 11) is 3.37. The Kier molecular flexibility index (Phi) is 14.2. The molecule has 0 saturated carbocycles. The van der Waals surface area contributed by atoms with Gasteiger partial charge < -0.3 is 39.7 Å². The van der Waals surface area contributed by atoms with Crippen molar-refractivity contribution in [2.45, 2.75) is 26.1 Å². The summed E-state index contributed by atoms with van der Waals surface area (Å²) < 4.78 is 45.9. The number of carboxylic acid groups (broad SMARTS) is 1. The summed E-state index contributed by atoms with van der Waals surface area (Å²) in [5.74, 6) is -2.82. The third-order valence-electron chi connectivity index (χ3n) is 8.19. The SMILES string of the molecule is COc1cccc(/C=C/c2ccc(C(=O)Nc3cc(C(=O)Nc4cc(C(=O)NCCN5CCOCC5)n(C(C)C)c4)n(C)c3)cc2)c1.O=C(O)C(F)(F)F. The summed E-state index contributed by atoms with van der Waals surface area (Å²) in [5.41, 5.74) is 4.27. The highest BCUT2D eigenvalue weighted by Gasteiger charge is 2.38. The molecule has 1 fully saturated rings. The second-order valence-corrected chi connectivity index (χ2v) is 12.5. The van der Waals surface area contributed by atoms with Gasteiger partial charge in [0.05, 0.1) is 31.7 Å². The van der Waals surface area contributed by atoms with Crippen molar-refractivity contribution in [3.05, 3.63) is 101 Å². The number of halogens is 3. The maximum Gasteiger partial charge on any atom is 0.490 e. The molecule has 1 aliphatic heterocycles.